The van der Waals surface area contributed by atoms with Crippen molar-refractivity contribution < 1.29 is 28.7 Å². The van der Waals surface area contributed by atoms with Crippen LogP contribution in [0.2, 0.25) is 0 Å². The third kappa shape index (κ3) is 3.22. The molecular formula is C16H16N2O6. The summed E-state index contributed by atoms with van der Waals surface area (Å²) < 4.78 is 10.1. The Bertz CT molecular complexity index is 700. The molecule has 1 N–H and O–H groups in total. The molecule has 0 aromatic heterocycles. The summed E-state index contributed by atoms with van der Waals surface area (Å²) >= 11 is 0. The highest BCUT2D eigenvalue weighted by Crippen LogP contribution is 2.19. The number of carbonyl (C=O) groups excluding carboxylic acids is 4. The van der Waals surface area contributed by atoms with Gasteiger partial charge in [0.2, 0.25) is 12.0 Å². The molecule has 2 unspecified atom stereocenters. The van der Waals surface area contributed by atoms with Gasteiger partial charge in [-0.1, -0.05) is 12.1 Å². The van der Waals surface area contributed by atoms with Crippen molar-refractivity contribution >= 4 is 23.9 Å². The first-order chi connectivity index (χ1) is 11.4. The third-order valence-electron chi connectivity index (χ3n) is 3.82. The summed E-state index contributed by atoms with van der Waals surface area (Å²) in [6.07, 6.45) is -0.851. The van der Waals surface area contributed by atoms with E-state index in [1.807, 2.05) is 0 Å². The van der Waals surface area contributed by atoms with E-state index in [9.17, 15) is 19.2 Å². The average Bonchev–Trinajstić information content (AvgIpc) is 3.03. The lowest BCUT2D eigenvalue weighted by molar-refractivity contribution is -0.147. The third-order valence-corrected chi connectivity index (χ3v) is 3.82. The average molecular weight is 332 g/mol. The van der Waals surface area contributed by atoms with Crippen LogP contribution in [0.15, 0.2) is 24.3 Å². The number of rotatable bonds is 4. The Morgan fingerprint density at radius 1 is 1.38 bits per heavy atom. The van der Waals surface area contributed by atoms with Crippen molar-refractivity contribution in [2.24, 2.45) is 0 Å². The number of cyclic esters (lactones) is 1. The lowest BCUT2D eigenvalue weighted by atomic mass is 10.1. The van der Waals surface area contributed by atoms with Crippen LogP contribution < -0.4 is 5.32 Å². The van der Waals surface area contributed by atoms with Gasteiger partial charge < -0.3 is 14.8 Å². The molecule has 2 atom stereocenters. The number of carbonyl (C=O) groups is 4. The van der Waals surface area contributed by atoms with E-state index in [-0.39, 0.29) is 30.7 Å². The van der Waals surface area contributed by atoms with Gasteiger partial charge in [0.05, 0.1) is 18.7 Å². The van der Waals surface area contributed by atoms with Crippen molar-refractivity contribution in [3.63, 3.8) is 0 Å². The fraction of sp³-hybridized carbons (Fsp3) is 0.375. The van der Waals surface area contributed by atoms with Crippen LogP contribution in [0.1, 0.15) is 29.3 Å². The lowest BCUT2D eigenvalue weighted by Crippen LogP contribution is -2.30. The largest absolute Gasteiger partial charge is 0.460 e. The molecule has 1 aromatic carbocycles. The molecule has 8 heteroatoms. The van der Waals surface area contributed by atoms with Crippen LogP contribution in [-0.2, 0) is 25.6 Å². The number of hydrogen-bond donors (Lipinski definition) is 1. The Morgan fingerprint density at radius 2 is 2.17 bits per heavy atom. The summed E-state index contributed by atoms with van der Waals surface area (Å²) in [5.41, 5.74) is 0.851. The summed E-state index contributed by atoms with van der Waals surface area (Å²) in [4.78, 5) is 47.9. The quantitative estimate of drug-likeness (QED) is 0.640. The standard InChI is InChI=1S/C16H16N2O6/c1-9-5-12(15(21)23-9)24-14(20)11-4-2-3-10(6-11)8-18-13(19)7-17-16(18)22/h2-4,6,9,12H,5,7-8H2,1H3,(H,17,22). The maximum Gasteiger partial charge on any atom is 0.347 e. The van der Waals surface area contributed by atoms with Crippen molar-refractivity contribution in [3.8, 4) is 0 Å². The van der Waals surface area contributed by atoms with Crippen molar-refractivity contribution in [2.45, 2.75) is 32.1 Å². The maximum absolute atomic E-state index is 12.2. The Morgan fingerprint density at radius 3 is 2.79 bits per heavy atom. The van der Waals surface area contributed by atoms with E-state index in [0.717, 1.165) is 4.90 Å². The van der Waals surface area contributed by atoms with Gasteiger partial charge >= 0.3 is 18.0 Å². The maximum atomic E-state index is 12.2. The Labute approximate surface area is 137 Å². The van der Waals surface area contributed by atoms with E-state index in [1.54, 1.807) is 25.1 Å². The molecule has 8 nitrogen and oxygen atoms in total. The van der Waals surface area contributed by atoms with Gasteiger partial charge in [-0.15, -0.1) is 0 Å². The lowest BCUT2D eigenvalue weighted by Gasteiger charge is -2.13. The van der Waals surface area contributed by atoms with Crippen LogP contribution in [0.3, 0.4) is 0 Å². The van der Waals surface area contributed by atoms with Gasteiger partial charge in [0.15, 0.2) is 0 Å². The molecule has 2 aliphatic heterocycles. The molecule has 0 radical (unpaired) electrons. The molecular weight excluding hydrogens is 316 g/mol. The molecule has 0 bridgehead atoms. The van der Waals surface area contributed by atoms with Crippen molar-refractivity contribution in [3.05, 3.63) is 35.4 Å². The summed E-state index contributed by atoms with van der Waals surface area (Å²) in [5, 5.41) is 2.43. The predicted octanol–water partition coefficient (Wildman–Crippen LogP) is 0.599. The van der Waals surface area contributed by atoms with Gasteiger partial charge in [0.25, 0.3) is 0 Å². The second-order valence-electron chi connectivity index (χ2n) is 5.72. The van der Waals surface area contributed by atoms with E-state index in [2.05, 4.69) is 5.32 Å². The smallest absolute Gasteiger partial charge is 0.347 e. The second kappa shape index (κ2) is 6.31. The number of imide groups is 1. The Hall–Kier alpha value is -2.90. The highest BCUT2D eigenvalue weighted by atomic mass is 16.6. The molecule has 0 spiro atoms. The number of ether oxygens (including phenoxy) is 2. The number of hydrogen-bond acceptors (Lipinski definition) is 6. The second-order valence-corrected chi connectivity index (χ2v) is 5.72. The SMILES string of the molecule is CC1CC(OC(=O)c2cccc(CN3C(=O)CNC3=O)c2)C(=O)O1. The fourth-order valence-electron chi connectivity index (χ4n) is 2.61. The van der Waals surface area contributed by atoms with Gasteiger partial charge in [0.1, 0.15) is 6.10 Å². The Kier molecular flexibility index (Phi) is 4.20. The monoisotopic (exact) mass is 332 g/mol. The number of amides is 3. The molecule has 24 heavy (non-hydrogen) atoms. The topological polar surface area (TPSA) is 102 Å². The van der Waals surface area contributed by atoms with E-state index in [1.165, 1.54) is 6.07 Å². The summed E-state index contributed by atoms with van der Waals surface area (Å²) in [7, 11) is 0. The van der Waals surface area contributed by atoms with Gasteiger partial charge in [-0.3, -0.25) is 9.69 Å². The molecule has 2 aliphatic rings. The minimum atomic E-state index is -0.901. The molecule has 2 fully saturated rings. The molecule has 0 saturated carbocycles. The zero-order valence-electron chi connectivity index (χ0n) is 13.0. The van der Waals surface area contributed by atoms with E-state index < -0.39 is 24.1 Å². The summed E-state index contributed by atoms with van der Waals surface area (Å²) in [5.74, 6) is -1.52. The molecule has 1 aromatic rings. The van der Waals surface area contributed by atoms with Gasteiger partial charge in [-0.2, -0.15) is 0 Å². The first-order valence-electron chi connectivity index (χ1n) is 7.52. The fourth-order valence-corrected chi connectivity index (χ4v) is 2.61. The van der Waals surface area contributed by atoms with E-state index in [0.29, 0.717) is 12.0 Å². The molecule has 0 aliphatic carbocycles. The normalized spacial score (nSPS) is 23.2. The minimum Gasteiger partial charge on any atom is -0.460 e. The number of benzene rings is 1. The van der Waals surface area contributed by atoms with E-state index in [4.69, 9.17) is 9.47 Å². The zero-order chi connectivity index (χ0) is 17.3. The van der Waals surface area contributed by atoms with Gasteiger partial charge in [0, 0.05) is 6.42 Å². The predicted molar refractivity (Wildman–Crippen MR) is 79.8 cm³/mol. The van der Waals surface area contributed by atoms with Crippen LogP contribution in [-0.4, -0.2) is 47.5 Å². The van der Waals surface area contributed by atoms with Gasteiger partial charge in [-0.05, 0) is 24.6 Å². The van der Waals surface area contributed by atoms with E-state index >= 15 is 0 Å². The molecule has 3 amide bonds. The highest BCUT2D eigenvalue weighted by molar-refractivity contribution is 6.01. The first kappa shape index (κ1) is 16.0. The molecule has 126 valence electrons. The zero-order valence-corrected chi connectivity index (χ0v) is 13.0. The number of urea groups is 1. The van der Waals surface area contributed by atoms with Crippen LogP contribution in [0.25, 0.3) is 0 Å². The van der Waals surface area contributed by atoms with Crippen molar-refractivity contribution in [2.75, 3.05) is 6.54 Å². The molecule has 2 heterocycles. The van der Waals surface area contributed by atoms with Crippen molar-refractivity contribution in [1.82, 2.24) is 10.2 Å². The summed E-state index contributed by atoms with van der Waals surface area (Å²) in [6.45, 7) is 1.77. The van der Waals surface area contributed by atoms with Crippen LogP contribution >= 0.6 is 0 Å². The number of nitrogens with one attached hydrogen (secondary N) is 1. The van der Waals surface area contributed by atoms with Crippen LogP contribution in [0.4, 0.5) is 4.79 Å². The number of nitrogens with zero attached hydrogens (tertiary/aromatic N) is 1. The highest BCUT2D eigenvalue weighted by Gasteiger charge is 2.35. The van der Waals surface area contributed by atoms with Crippen molar-refractivity contribution in [1.29, 1.82) is 0 Å². The van der Waals surface area contributed by atoms with Crippen LogP contribution in [0, 0.1) is 0 Å². The summed E-state index contributed by atoms with van der Waals surface area (Å²) in [6, 6.07) is 5.93. The Balaban J connectivity index is 1.68. The molecule has 2 saturated heterocycles. The number of esters is 2. The van der Waals surface area contributed by atoms with Crippen LogP contribution in [0.5, 0.6) is 0 Å². The minimum absolute atomic E-state index is 0.0253. The first-order valence-corrected chi connectivity index (χ1v) is 7.52. The van der Waals surface area contributed by atoms with Gasteiger partial charge in [-0.25, -0.2) is 14.4 Å². The molecule has 3 rings (SSSR count).